The number of ether oxygens (including phenoxy) is 2. The number of benzene rings is 1. The molecule has 1 fully saturated rings. The molecular formula is C24H33ClN4O2. The summed E-state index contributed by atoms with van der Waals surface area (Å²) in [5.41, 5.74) is 3.65. The van der Waals surface area contributed by atoms with Crippen LogP contribution < -0.4 is 14.8 Å². The highest BCUT2D eigenvalue weighted by Gasteiger charge is 2.24. The number of hydrogen-bond acceptors (Lipinski definition) is 6. The Morgan fingerprint density at radius 3 is 2.77 bits per heavy atom. The van der Waals surface area contributed by atoms with E-state index in [0.717, 1.165) is 94.2 Å². The Labute approximate surface area is 190 Å². The molecule has 7 heteroatoms. The van der Waals surface area contributed by atoms with Crippen molar-refractivity contribution in [2.24, 2.45) is 0 Å². The van der Waals surface area contributed by atoms with Crippen LogP contribution in [0.5, 0.6) is 11.5 Å². The molecule has 1 N–H and O–H groups in total. The van der Waals surface area contributed by atoms with Crippen molar-refractivity contribution in [1.29, 1.82) is 0 Å². The monoisotopic (exact) mass is 444 g/mol. The summed E-state index contributed by atoms with van der Waals surface area (Å²) in [6, 6.07) is 6.72. The Balaban J connectivity index is 1.32. The first-order valence-electron chi connectivity index (χ1n) is 11.5. The van der Waals surface area contributed by atoms with Crippen molar-refractivity contribution >= 4 is 17.4 Å². The van der Waals surface area contributed by atoms with E-state index in [1.807, 2.05) is 6.07 Å². The number of anilines is 1. The zero-order valence-electron chi connectivity index (χ0n) is 18.6. The second kappa shape index (κ2) is 10.5. The van der Waals surface area contributed by atoms with E-state index in [2.05, 4.69) is 39.2 Å². The molecule has 1 aromatic heterocycles. The van der Waals surface area contributed by atoms with Crippen molar-refractivity contribution in [3.05, 3.63) is 40.3 Å². The molecule has 1 aliphatic carbocycles. The standard InChI is InChI=1S/C24H33ClN4O2/c1-3-4-14-31-22-15-17(8-9-21(22)30-2)16-29-12-10-18(11-13-29)26-23-19-6-5-7-20(19)27-24(25)28-23/h8-9,15,18H,3-7,10-14,16H2,1-2H3,(H,26,27,28). The maximum atomic E-state index is 6.14. The first-order valence-corrected chi connectivity index (χ1v) is 11.9. The lowest BCUT2D eigenvalue weighted by Crippen LogP contribution is -2.39. The van der Waals surface area contributed by atoms with Crippen LogP contribution in [-0.4, -0.2) is 47.7 Å². The summed E-state index contributed by atoms with van der Waals surface area (Å²) in [6.07, 6.45) is 7.55. The van der Waals surface area contributed by atoms with E-state index in [-0.39, 0.29) is 0 Å². The maximum Gasteiger partial charge on any atom is 0.224 e. The number of piperidine rings is 1. The van der Waals surface area contributed by atoms with E-state index >= 15 is 0 Å². The largest absolute Gasteiger partial charge is 0.493 e. The Hall–Kier alpha value is -2.05. The lowest BCUT2D eigenvalue weighted by molar-refractivity contribution is 0.210. The van der Waals surface area contributed by atoms with E-state index in [9.17, 15) is 0 Å². The normalized spacial score (nSPS) is 16.9. The number of likely N-dealkylation sites (tertiary alicyclic amines) is 1. The highest BCUT2D eigenvalue weighted by atomic mass is 35.5. The van der Waals surface area contributed by atoms with Gasteiger partial charge in [0.25, 0.3) is 0 Å². The minimum absolute atomic E-state index is 0.358. The number of nitrogens with one attached hydrogen (secondary N) is 1. The Morgan fingerprint density at radius 2 is 2.00 bits per heavy atom. The summed E-state index contributed by atoms with van der Waals surface area (Å²) in [5.74, 6) is 2.60. The summed E-state index contributed by atoms with van der Waals surface area (Å²) in [6.45, 7) is 5.93. The van der Waals surface area contributed by atoms with Gasteiger partial charge in [0.15, 0.2) is 11.5 Å². The number of unbranched alkanes of at least 4 members (excludes halogenated alkanes) is 1. The lowest BCUT2D eigenvalue weighted by atomic mass is 10.0. The highest BCUT2D eigenvalue weighted by molar-refractivity contribution is 6.28. The fourth-order valence-corrected chi connectivity index (χ4v) is 4.65. The van der Waals surface area contributed by atoms with Gasteiger partial charge in [0.2, 0.25) is 5.28 Å². The Kier molecular flexibility index (Phi) is 7.51. The van der Waals surface area contributed by atoms with E-state index in [4.69, 9.17) is 21.1 Å². The third-order valence-electron chi connectivity index (χ3n) is 6.22. The molecule has 168 valence electrons. The molecule has 0 amide bonds. The zero-order valence-corrected chi connectivity index (χ0v) is 19.4. The van der Waals surface area contributed by atoms with Crippen LogP contribution in [-0.2, 0) is 19.4 Å². The molecule has 0 atom stereocenters. The molecule has 6 nitrogen and oxygen atoms in total. The maximum absolute atomic E-state index is 6.14. The van der Waals surface area contributed by atoms with Gasteiger partial charge in [-0.1, -0.05) is 19.4 Å². The zero-order chi connectivity index (χ0) is 21.6. The predicted octanol–water partition coefficient (Wildman–Crippen LogP) is 4.88. The number of fused-ring (bicyclic) bond motifs is 1. The fraction of sp³-hybridized carbons (Fsp3) is 0.583. The van der Waals surface area contributed by atoms with Crippen LogP contribution >= 0.6 is 11.6 Å². The van der Waals surface area contributed by atoms with Gasteiger partial charge in [0, 0.05) is 31.2 Å². The van der Waals surface area contributed by atoms with Crippen LogP contribution in [0.4, 0.5) is 5.82 Å². The van der Waals surface area contributed by atoms with Gasteiger partial charge in [-0.05, 0) is 67.8 Å². The van der Waals surface area contributed by atoms with Crippen molar-refractivity contribution in [2.45, 2.75) is 64.5 Å². The molecule has 0 radical (unpaired) electrons. The van der Waals surface area contributed by atoms with Crippen LogP contribution in [0.25, 0.3) is 0 Å². The predicted molar refractivity (Wildman–Crippen MR) is 124 cm³/mol. The molecule has 0 bridgehead atoms. The minimum Gasteiger partial charge on any atom is -0.493 e. The smallest absolute Gasteiger partial charge is 0.224 e. The SMILES string of the molecule is CCCCOc1cc(CN2CCC(Nc3nc(Cl)nc4c3CCC4)CC2)ccc1OC. The van der Waals surface area contributed by atoms with Crippen molar-refractivity contribution in [1.82, 2.24) is 14.9 Å². The van der Waals surface area contributed by atoms with Gasteiger partial charge in [0.1, 0.15) is 5.82 Å². The summed E-state index contributed by atoms with van der Waals surface area (Å²) < 4.78 is 11.4. The van der Waals surface area contributed by atoms with Crippen LogP contribution in [0.1, 0.15) is 55.8 Å². The number of aromatic nitrogens is 2. The first-order chi connectivity index (χ1) is 15.2. The number of halogens is 1. The molecule has 1 aromatic carbocycles. The second-order valence-corrected chi connectivity index (χ2v) is 8.84. The third-order valence-corrected chi connectivity index (χ3v) is 6.39. The second-order valence-electron chi connectivity index (χ2n) is 8.50. The van der Waals surface area contributed by atoms with Crippen LogP contribution in [0.15, 0.2) is 18.2 Å². The number of methoxy groups -OCH3 is 1. The number of nitrogens with zero attached hydrogens (tertiary/aromatic N) is 3. The van der Waals surface area contributed by atoms with E-state index in [0.29, 0.717) is 11.3 Å². The van der Waals surface area contributed by atoms with Crippen molar-refractivity contribution < 1.29 is 9.47 Å². The number of aryl methyl sites for hydroxylation is 1. The molecular weight excluding hydrogens is 412 g/mol. The average molecular weight is 445 g/mol. The van der Waals surface area contributed by atoms with Gasteiger partial charge in [-0.3, -0.25) is 4.90 Å². The van der Waals surface area contributed by atoms with Gasteiger partial charge < -0.3 is 14.8 Å². The Bertz CT molecular complexity index is 884. The summed E-state index contributed by atoms with van der Waals surface area (Å²) in [7, 11) is 1.69. The molecule has 1 saturated heterocycles. The van der Waals surface area contributed by atoms with Gasteiger partial charge in [-0.2, -0.15) is 0 Å². The van der Waals surface area contributed by atoms with E-state index < -0.39 is 0 Å². The molecule has 31 heavy (non-hydrogen) atoms. The molecule has 2 aliphatic rings. The highest BCUT2D eigenvalue weighted by Crippen LogP contribution is 2.31. The Morgan fingerprint density at radius 1 is 1.16 bits per heavy atom. The third kappa shape index (κ3) is 5.60. The number of hydrogen-bond donors (Lipinski definition) is 1. The van der Waals surface area contributed by atoms with Crippen LogP contribution in [0, 0.1) is 0 Å². The molecule has 0 saturated carbocycles. The van der Waals surface area contributed by atoms with Gasteiger partial charge in [-0.15, -0.1) is 0 Å². The van der Waals surface area contributed by atoms with Gasteiger partial charge in [-0.25, -0.2) is 9.97 Å². The molecule has 2 aromatic rings. The molecule has 2 heterocycles. The average Bonchev–Trinajstić information content (AvgIpc) is 3.24. The summed E-state index contributed by atoms with van der Waals surface area (Å²) >= 11 is 6.14. The van der Waals surface area contributed by atoms with Gasteiger partial charge in [0.05, 0.1) is 19.4 Å². The van der Waals surface area contributed by atoms with Crippen molar-refractivity contribution in [3.63, 3.8) is 0 Å². The lowest BCUT2D eigenvalue weighted by Gasteiger charge is -2.33. The summed E-state index contributed by atoms with van der Waals surface area (Å²) in [4.78, 5) is 11.4. The van der Waals surface area contributed by atoms with Crippen LogP contribution in [0.3, 0.4) is 0 Å². The molecule has 0 unspecified atom stereocenters. The minimum atomic E-state index is 0.358. The van der Waals surface area contributed by atoms with Crippen LogP contribution in [0.2, 0.25) is 5.28 Å². The van der Waals surface area contributed by atoms with Crippen molar-refractivity contribution in [3.8, 4) is 11.5 Å². The summed E-state index contributed by atoms with van der Waals surface area (Å²) in [5, 5.41) is 4.02. The van der Waals surface area contributed by atoms with Crippen molar-refractivity contribution in [2.75, 3.05) is 32.1 Å². The molecule has 4 rings (SSSR count). The number of rotatable bonds is 9. The van der Waals surface area contributed by atoms with E-state index in [1.165, 1.54) is 11.1 Å². The molecule has 1 aliphatic heterocycles. The van der Waals surface area contributed by atoms with E-state index in [1.54, 1.807) is 7.11 Å². The quantitative estimate of drug-likeness (QED) is 0.439. The first kappa shape index (κ1) is 22.2. The topological polar surface area (TPSA) is 59.5 Å². The fourth-order valence-electron chi connectivity index (χ4n) is 4.47. The molecule has 0 spiro atoms. The van der Waals surface area contributed by atoms with Gasteiger partial charge >= 0.3 is 0 Å².